The van der Waals surface area contributed by atoms with E-state index in [0.717, 1.165) is 48.7 Å². The van der Waals surface area contributed by atoms with Crippen molar-refractivity contribution in [3.63, 3.8) is 0 Å². The van der Waals surface area contributed by atoms with E-state index in [9.17, 15) is 5.11 Å². The Morgan fingerprint density at radius 2 is 1.89 bits per heavy atom. The highest BCUT2D eigenvalue weighted by molar-refractivity contribution is 5.69. The lowest BCUT2D eigenvalue weighted by Crippen LogP contribution is -2.29. The summed E-state index contributed by atoms with van der Waals surface area (Å²) in [4.78, 5) is 6.65. The van der Waals surface area contributed by atoms with Gasteiger partial charge in [0.1, 0.15) is 12.4 Å². The lowest BCUT2D eigenvalue weighted by atomic mass is 10.0. The number of hydrogen-bond acceptors (Lipinski definition) is 4. The molecule has 1 aliphatic heterocycles. The largest absolute Gasteiger partial charge is 0.504 e. The Morgan fingerprint density at radius 3 is 2.63 bits per heavy atom. The maximum atomic E-state index is 10.5. The van der Waals surface area contributed by atoms with Gasteiger partial charge < -0.3 is 14.4 Å². The molecule has 0 bridgehead atoms. The fourth-order valence-electron chi connectivity index (χ4n) is 3.55. The molecule has 2 aromatic carbocycles. The van der Waals surface area contributed by atoms with Crippen molar-refractivity contribution in [2.45, 2.75) is 26.9 Å². The third kappa shape index (κ3) is 3.83. The second-order valence-corrected chi connectivity index (χ2v) is 7.14. The molecule has 0 aliphatic carbocycles. The number of ether oxygens (including phenoxy) is 1. The number of hydrogen-bond donors (Lipinski definition) is 1. The molecule has 5 nitrogen and oxygen atoms in total. The van der Waals surface area contributed by atoms with Gasteiger partial charge in [0.05, 0.1) is 0 Å². The summed E-state index contributed by atoms with van der Waals surface area (Å²) in [5.74, 6) is 1.86. The van der Waals surface area contributed by atoms with Crippen LogP contribution in [0.15, 0.2) is 48.8 Å². The Morgan fingerprint density at radius 1 is 1.07 bits per heavy atom. The summed E-state index contributed by atoms with van der Waals surface area (Å²) in [6, 6.07) is 12.3. The first-order valence-electron chi connectivity index (χ1n) is 9.36. The summed E-state index contributed by atoms with van der Waals surface area (Å²) in [6.45, 7) is 8.07. The van der Waals surface area contributed by atoms with E-state index in [1.165, 1.54) is 5.56 Å². The zero-order chi connectivity index (χ0) is 18.8. The Balaban J connectivity index is 1.57. The van der Waals surface area contributed by atoms with E-state index in [1.54, 1.807) is 6.07 Å². The third-order valence-electron chi connectivity index (χ3n) is 5.16. The molecule has 0 atom stereocenters. The van der Waals surface area contributed by atoms with Crippen LogP contribution in [0.25, 0.3) is 11.1 Å². The van der Waals surface area contributed by atoms with E-state index < -0.39 is 0 Å². The number of aryl methyl sites for hydroxylation is 2. The molecule has 1 N–H and O–H groups in total. The van der Waals surface area contributed by atoms with Crippen LogP contribution in [0.5, 0.6) is 11.5 Å². The first-order valence-corrected chi connectivity index (χ1v) is 9.36. The van der Waals surface area contributed by atoms with Crippen LogP contribution in [0, 0.1) is 13.8 Å². The van der Waals surface area contributed by atoms with E-state index in [1.807, 2.05) is 19.3 Å². The lowest BCUT2D eigenvalue weighted by molar-refractivity contribution is 0.217. The minimum atomic E-state index is 0.218. The fourth-order valence-corrected chi connectivity index (χ4v) is 3.55. The van der Waals surface area contributed by atoms with Crippen LogP contribution in [0.4, 0.5) is 0 Å². The van der Waals surface area contributed by atoms with Crippen LogP contribution in [0.2, 0.25) is 0 Å². The number of aromatic hydroxyl groups is 1. The zero-order valence-electron chi connectivity index (χ0n) is 15.9. The van der Waals surface area contributed by atoms with E-state index in [-0.39, 0.29) is 5.75 Å². The molecule has 3 aromatic rings. The van der Waals surface area contributed by atoms with E-state index in [2.05, 4.69) is 51.7 Å². The number of fused-ring (bicyclic) bond motifs is 1. The minimum Gasteiger partial charge on any atom is -0.504 e. The number of imidazole rings is 1. The van der Waals surface area contributed by atoms with Crippen LogP contribution >= 0.6 is 0 Å². The summed E-state index contributed by atoms with van der Waals surface area (Å²) >= 11 is 0. The summed E-state index contributed by atoms with van der Waals surface area (Å²) in [6.07, 6.45) is 3.85. The van der Waals surface area contributed by atoms with Gasteiger partial charge in [-0.05, 0) is 37.1 Å². The second-order valence-electron chi connectivity index (χ2n) is 7.14. The maximum absolute atomic E-state index is 10.5. The van der Waals surface area contributed by atoms with Crippen molar-refractivity contribution in [1.82, 2.24) is 14.5 Å². The highest BCUT2D eigenvalue weighted by Crippen LogP contribution is 2.37. The standard InChI is InChI=1S/C22H25N3O2/c1-16-3-5-18(6-4-16)19-13-20-15-24(9-10-25-8-7-23-17(25)2)11-12-27-22(20)21(26)14-19/h3-8,13-14,26H,9-12,15H2,1-2H3. The first kappa shape index (κ1) is 17.6. The van der Waals surface area contributed by atoms with Gasteiger partial charge in [-0.15, -0.1) is 0 Å². The van der Waals surface area contributed by atoms with Crippen LogP contribution in [-0.4, -0.2) is 39.3 Å². The van der Waals surface area contributed by atoms with Crippen molar-refractivity contribution in [2.24, 2.45) is 0 Å². The van der Waals surface area contributed by atoms with Gasteiger partial charge in [0.15, 0.2) is 11.5 Å². The first-order chi connectivity index (χ1) is 13.1. The van der Waals surface area contributed by atoms with Crippen LogP contribution in [0.1, 0.15) is 17.0 Å². The topological polar surface area (TPSA) is 50.5 Å². The van der Waals surface area contributed by atoms with Gasteiger partial charge in [0, 0.05) is 44.1 Å². The van der Waals surface area contributed by atoms with Gasteiger partial charge in [-0.1, -0.05) is 29.8 Å². The molecule has 1 aromatic heterocycles. The normalized spacial score (nSPS) is 14.4. The van der Waals surface area contributed by atoms with Crippen molar-refractivity contribution < 1.29 is 9.84 Å². The average molecular weight is 363 g/mol. The molecule has 27 heavy (non-hydrogen) atoms. The van der Waals surface area contributed by atoms with E-state index >= 15 is 0 Å². The van der Waals surface area contributed by atoms with E-state index in [4.69, 9.17) is 4.74 Å². The molecule has 140 valence electrons. The highest BCUT2D eigenvalue weighted by atomic mass is 16.5. The summed E-state index contributed by atoms with van der Waals surface area (Å²) in [5, 5.41) is 10.5. The quantitative estimate of drug-likeness (QED) is 0.767. The second kappa shape index (κ2) is 7.45. The van der Waals surface area contributed by atoms with Crippen molar-refractivity contribution in [3.05, 3.63) is 65.7 Å². The van der Waals surface area contributed by atoms with Crippen LogP contribution in [-0.2, 0) is 13.1 Å². The van der Waals surface area contributed by atoms with Crippen LogP contribution < -0.4 is 4.74 Å². The lowest BCUT2D eigenvalue weighted by Gasteiger charge is -2.20. The molecule has 1 aliphatic rings. The van der Waals surface area contributed by atoms with Crippen molar-refractivity contribution in [2.75, 3.05) is 19.7 Å². The number of phenols is 1. The average Bonchev–Trinajstić information content (AvgIpc) is 2.94. The molecule has 0 saturated heterocycles. The van der Waals surface area contributed by atoms with Crippen molar-refractivity contribution >= 4 is 0 Å². The zero-order valence-corrected chi connectivity index (χ0v) is 15.9. The molecule has 0 spiro atoms. The smallest absolute Gasteiger partial charge is 0.165 e. The molecular weight excluding hydrogens is 338 g/mol. The number of nitrogens with zero attached hydrogens (tertiary/aromatic N) is 3. The SMILES string of the molecule is Cc1ccc(-c2cc(O)c3c(c2)CN(CCn2ccnc2C)CCO3)cc1. The Hall–Kier alpha value is -2.79. The van der Waals surface area contributed by atoms with E-state index in [0.29, 0.717) is 12.4 Å². The summed E-state index contributed by atoms with van der Waals surface area (Å²) in [5.41, 5.74) is 4.37. The monoisotopic (exact) mass is 363 g/mol. The van der Waals surface area contributed by atoms with Gasteiger partial charge in [0.2, 0.25) is 0 Å². The molecule has 0 fully saturated rings. The highest BCUT2D eigenvalue weighted by Gasteiger charge is 2.20. The summed E-state index contributed by atoms with van der Waals surface area (Å²) in [7, 11) is 0. The van der Waals surface area contributed by atoms with Gasteiger partial charge in [0.25, 0.3) is 0 Å². The van der Waals surface area contributed by atoms with Crippen molar-refractivity contribution in [1.29, 1.82) is 0 Å². The van der Waals surface area contributed by atoms with Gasteiger partial charge in [-0.2, -0.15) is 0 Å². The fraction of sp³-hybridized carbons (Fsp3) is 0.318. The molecule has 0 amide bonds. The molecule has 5 heteroatoms. The predicted molar refractivity (Wildman–Crippen MR) is 106 cm³/mol. The van der Waals surface area contributed by atoms with Gasteiger partial charge in [-0.3, -0.25) is 4.90 Å². The maximum Gasteiger partial charge on any atom is 0.165 e. The molecule has 0 saturated carbocycles. The van der Waals surface area contributed by atoms with Gasteiger partial charge >= 0.3 is 0 Å². The predicted octanol–water partition coefficient (Wildman–Crippen LogP) is 3.77. The number of benzene rings is 2. The number of phenolic OH excluding ortho intramolecular Hbond substituents is 1. The summed E-state index contributed by atoms with van der Waals surface area (Å²) < 4.78 is 8.03. The van der Waals surface area contributed by atoms with Gasteiger partial charge in [-0.25, -0.2) is 4.98 Å². The Bertz CT molecular complexity index is 931. The minimum absolute atomic E-state index is 0.218. The Labute approximate surface area is 159 Å². The molecule has 0 radical (unpaired) electrons. The molecule has 0 unspecified atom stereocenters. The molecule has 4 rings (SSSR count). The molecule has 2 heterocycles. The molecular formula is C22H25N3O2. The Kier molecular flexibility index (Phi) is 4.86. The van der Waals surface area contributed by atoms with Crippen LogP contribution in [0.3, 0.4) is 0 Å². The number of rotatable bonds is 4. The van der Waals surface area contributed by atoms with Crippen molar-refractivity contribution in [3.8, 4) is 22.6 Å². The third-order valence-corrected chi connectivity index (χ3v) is 5.16. The number of aromatic nitrogens is 2.